The summed E-state index contributed by atoms with van der Waals surface area (Å²) in [6, 6.07) is 0. The van der Waals surface area contributed by atoms with Gasteiger partial charge in [0, 0.05) is 0 Å². The quantitative estimate of drug-likeness (QED) is 0.160. The lowest BCUT2D eigenvalue weighted by molar-refractivity contribution is -0.204. The minimum Gasteiger partial charge on any atom is -0.385 e. The minimum atomic E-state index is -5.94. The Bertz CT molecular complexity index is 1160. The van der Waals surface area contributed by atoms with Crippen molar-refractivity contribution in [3.05, 3.63) is 27.1 Å². The second kappa shape index (κ2) is 8.89. The Balaban J connectivity index is 2.26. The Morgan fingerprint density at radius 3 is 2.39 bits per heavy atom. The van der Waals surface area contributed by atoms with Gasteiger partial charge >= 0.3 is 23.5 Å². The van der Waals surface area contributed by atoms with Crippen molar-refractivity contribution in [1.82, 2.24) is 9.55 Å². The van der Waals surface area contributed by atoms with Crippen molar-refractivity contribution < 1.29 is 71.5 Å². The number of phosphoric ester groups is 1. The van der Waals surface area contributed by atoms with Crippen LogP contribution in [0.3, 0.4) is 0 Å². The number of nitrogens with one attached hydrogen (secondary N) is 1. The van der Waals surface area contributed by atoms with E-state index >= 15 is 4.39 Å². The van der Waals surface area contributed by atoms with Crippen LogP contribution >= 0.6 is 35.7 Å². The highest BCUT2D eigenvalue weighted by Crippen LogP contribution is 2.66. The number of H-pyrrole nitrogens is 1. The molecule has 31 heavy (non-hydrogen) atoms. The summed E-state index contributed by atoms with van der Waals surface area (Å²) in [5.41, 5.74) is -1.35. The van der Waals surface area contributed by atoms with Crippen molar-refractivity contribution in [1.29, 1.82) is 0 Å². The molecule has 1 aromatic heterocycles. The molecule has 0 aliphatic carbocycles. The number of alkyl halides is 1. The van der Waals surface area contributed by atoms with E-state index in [2.05, 4.69) is 30.1 Å². The predicted molar refractivity (Wildman–Crippen MR) is 91.6 cm³/mol. The first-order chi connectivity index (χ1) is 14.2. The van der Waals surface area contributed by atoms with E-state index < -0.39 is 70.5 Å². The highest BCUT2D eigenvalue weighted by molar-refractivity contribution is 7.71. The average molecular weight is 537 g/mol. The Kier molecular flexibility index (Phi) is 7.13. The fraction of sp³-hybridized carbons (Fsp3) is 0.556. The zero-order valence-electron chi connectivity index (χ0n) is 15.3. The Morgan fingerprint density at radius 1 is 1.26 bits per heavy atom. The molecule has 0 saturated carbocycles. The molecule has 22 heteroatoms. The van der Waals surface area contributed by atoms with Crippen LogP contribution in [0.15, 0.2) is 11.0 Å². The van der Waals surface area contributed by atoms with Crippen LogP contribution in [0.5, 0.6) is 0 Å². The first kappa shape index (κ1) is 24.9. The van der Waals surface area contributed by atoms with Crippen molar-refractivity contribution >= 4 is 35.7 Å². The third-order valence-corrected chi connectivity index (χ3v) is 7.33. The molecule has 1 aliphatic rings. The van der Waals surface area contributed by atoms with E-state index in [1.165, 1.54) is 0 Å². The largest absolute Gasteiger partial charge is 0.490 e. The van der Waals surface area contributed by atoms with E-state index in [1.54, 1.807) is 4.98 Å². The number of hydrogen-bond acceptors (Lipinski definition) is 11. The zero-order chi connectivity index (χ0) is 24.9. The highest BCUT2D eigenvalue weighted by atomic mass is 32.1. The molecule has 0 amide bonds. The van der Waals surface area contributed by atoms with Crippen molar-refractivity contribution in [3.63, 3.8) is 0 Å². The van der Waals surface area contributed by atoms with Crippen LogP contribution in [-0.2, 0) is 31.6 Å². The molecule has 0 radical (unpaired) electrons. The van der Waals surface area contributed by atoms with Crippen LogP contribution in [0.25, 0.3) is 0 Å². The van der Waals surface area contributed by atoms with Crippen molar-refractivity contribution in [2.75, 3.05) is 6.61 Å². The number of hydrogen-bond donors (Lipinski definition) is 7. The summed E-state index contributed by atoms with van der Waals surface area (Å²) in [5, 5.41) is 19.9. The third-order valence-electron chi connectivity index (χ3n) is 3.24. The molecule has 0 aromatic carbocycles. The molecule has 178 valence electrons. The SMILES string of the molecule is [2H][C@@]1(n2cc(F)c(=O)[nH]c2=S)O[C@](F)(COP(=O)(O)OP(=O)(O)OP(=O)(O)O)[C@@H](O)[C@H]1O. The van der Waals surface area contributed by atoms with Crippen LogP contribution in [0, 0.1) is 10.6 Å². The first-order valence-corrected chi connectivity index (χ1v) is 12.2. The summed E-state index contributed by atoms with van der Waals surface area (Å²) in [6.07, 6.45) is -8.29. The summed E-state index contributed by atoms with van der Waals surface area (Å²) >= 11 is 4.65. The van der Waals surface area contributed by atoms with E-state index in [0.29, 0.717) is 0 Å². The van der Waals surface area contributed by atoms with Gasteiger partial charge in [0.25, 0.3) is 11.4 Å². The zero-order valence-corrected chi connectivity index (χ0v) is 17.8. The van der Waals surface area contributed by atoms with E-state index in [1.807, 2.05) is 0 Å². The Labute approximate surface area is 175 Å². The lowest BCUT2D eigenvalue weighted by atomic mass is 10.1. The smallest absolute Gasteiger partial charge is 0.385 e. The molecule has 0 spiro atoms. The van der Waals surface area contributed by atoms with E-state index in [-0.39, 0.29) is 10.8 Å². The number of aliphatic hydroxyl groups is 2. The molecule has 1 aliphatic heterocycles. The number of ether oxygens (including phenoxy) is 1. The summed E-state index contributed by atoms with van der Waals surface area (Å²) in [4.78, 5) is 48.2. The van der Waals surface area contributed by atoms with E-state index in [0.717, 1.165) is 0 Å². The number of aromatic amines is 1. The van der Waals surface area contributed by atoms with Crippen LogP contribution in [0.2, 0.25) is 0 Å². The third kappa shape index (κ3) is 6.63. The average Bonchev–Trinajstić information content (AvgIpc) is 2.75. The lowest BCUT2D eigenvalue weighted by Gasteiger charge is -2.24. The predicted octanol–water partition coefficient (Wildman–Crippen LogP) is -0.695. The number of nitrogens with zero attached hydrogens (tertiary/aromatic N) is 1. The molecule has 6 atom stereocenters. The van der Waals surface area contributed by atoms with Gasteiger partial charge in [-0.05, 0) is 12.2 Å². The number of aliphatic hydroxyl groups excluding tert-OH is 2. The van der Waals surface area contributed by atoms with Crippen LogP contribution < -0.4 is 5.56 Å². The standard InChI is InChI=1S/C9H13F2N2O14P3S/c10-3-1-13(8(31)12-6(3)16)7-4(14)5(15)9(11,25-7)2-24-29(20,21)27-30(22,23)26-28(17,18)19/h1,4-5,7,14-15H,2H2,(H,20,21)(H,22,23)(H,12,16,31)(H2,17,18,19)/t4-,5+,7-,9-/m1/s1/i7D. The molecular weight excluding hydrogens is 523 g/mol. The van der Waals surface area contributed by atoms with Gasteiger partial charge in [-0.1, -0.05) is 0 Å². The van der Waals surface area contributed by atoms with Gasteiger partial charge in [0.05, 0.1) is 7.57 Å². The highest BCUT2D eigenvalue weighted by Gasteiger charge is 2.57. The summed E-state index contributed by atoms with van der Waals surface area (Å²) in [5.74, 6) is -5.31. The second-order valence-corrected chi connectivity index (χ2v) is 10.4. The Hall–Kier alpha value is -0.750. The maximum atomic E-state index is 15.0. The Morgan fingerprint density at radius 2 is 1.84 bits per heavy atom. The molecule has 1 aromatic rings. The maximum Gasteiger partial charge on any atom is 0.490 e. The maximum absolute atomic E-state index is 15.0. The van der Waals surface area contributed by atoms with Crippen molar-refractivity contribution in [3.8, 4) is 0 Å². The minimum absolute atomic E-state index is 0.194. The summed E-state index contributed by atoms with van der Waals surface area (Å²) in [6.45, 7) is -1.91. The molecule has 1 saturated heterocycles. The molecule has 1 fully saturated rings. The van der Waals surface area contributed by atoms with Gasteiger partial charge in [0.2, 0.25) is 5.82 Å². The molecule has 2 rings (SSSR count). The van der Waals surface area contributed by atoms with Gasteiger partial charge in [-0.25, -0.2) is 18.1 Å². The van der Waals surface area contributed by atoms with Gasteiger partial charge < -0.3 is 34.5 Å². The lowest BCUT2D eigenvalue weighted by Crippen LogP contribution is -2.42. The topological polar surface area (TPSA) is 247 Å². The molecule has 2 unspecified atom stereocenters. The summed E-state index contributed by atoms with van der Waals surface area (Å²) in [7, 11) is -17.5. The van der Waals surface area contributed by atoms with E-state index in [4.69, 9.17) is 16.1 Å². The summed E-state index contributed by atoms with van der Waals surface area (Å²) < 4.78 is 84.8. The molecule has 2 heterocycles. The molecule has 7 N–H and O–H groups in total. The fourth-order valence-corrected chi connectivity index (χ4v) is 5.33. The number of aromatic nitrogens is 2. The van der Waals surface area contributed by atoms with Crippen molar-refractivity contribution in [2.24, 2.45) is 0 Å². The normalized spacial score (nSPS) is 33.5. The van der Waals surface area contributed by atoms with Gasteiger partial charge in [0.1, 0.15) is 18.8 Å². The first-order valence-electron chi connectivity index (χ1n) is 7.77. The van der Waals surface area contributed by atoms with Crippen LogP contribution in [0.1, 0.15) is 7.57 Å². The van der Waals surface area contributed by atoms with Gasteiger partial charge in [-0.3, -0.25) is 18.9 Å². The molecular formula is C9H13F2N2O14P3S. The fourth-order valence-electron chi connectivity index (χ4n) is 2.06. The van der Waals surface area contributed by atoms with Crippen LogP contribution in [-0.4, -0.2) is 64.0 Å². The van der Waals surface area contributed by atoms with Gasteiger partial charge in [0.15, 0.2) is 11.0 Å². The van der Waals surface area contributed by atoms with E-state index in [9.17, 15) is 38.0 Å². The number of phosphoric acid groups is 3. The van der Waals surface area contributed by atoms with Crippen LogP contribution in [0.4, 0.5) is 8.78 Å². The van der Waals surface area contributed by atoms with Gasteiger partial charge in [-0.15, -0.1) is 0 Å². The second-order valence-electron chi connectivity index (χ2n) is 5.59. The number of rotatable bonds is 8. The molecule has 0 bridgehead atoms. The monoisotopic (exact) mass is 537 g/mol. The number of halogens is 2. The molecule has 16 nitrogen and oxygen atoms in total. The van der Waals surface area contributed by atoms with Gasteiger partial charge in [-0.2, -0.15) is 13.0 Å². The van der Waals surface area contributed by atoms with Crippen molar-refractivity contribution in [2.45, 2.75) is 24.3 Å².